The molecule has 37 heavy (non-hydrogen) atoms. The number of rotatable bonds is 16. The average Bonchev–Trinajstić information content (AvgIpc) is 2.81. The highest BCUT2D eigenvalue weighted by molar-refractivity contribution is 5.69. The van der Waals surface area contributed by atoms with Gasteiger partial charge in [-0.3, -0.25) is 34.0 Å². The van der Waals surface area contributed by atoms with Gasteiger partial charge < -0.3 is 36.0 Å². The van der Waals surface area contributed by atoms with Gasteiger partial charge in [-0.25, -0.2) is 0 Å². The minimum Gasteiger partial charge on any atom is -0.480 e. The molecule has 216 valence electrons. The second-order valence-corrected chi connectivity index (χ2v) is 9.50. The number of nitrogens with zero attached hydrogens (tertiary/aromatic N) is 4. The van der Waals surface area contributed by atoms with Crippen LogP contribution in [0.3, 0.4) is 0 Å². The van der Waals surface area contributed by atoms with Gasteiger partial charge in [0, 0.05) is 65.4 Å². The summed E-state index contributed by atoms with van der Waals surface area (Å²) in [4.78, 5) is 41.1. The highest BCUT2D eigenvalue weighted by Crippen LogP contribution is 2.03. The van der Waals surface area contributed by atoms with Crippen molar-refractivity contribution in [3.05, 3.63) is 0 Å². The van der Waals surface area contributed by atoms with Crippen LogP contribution in [0, 0.1) is 0 Å². The summed E-state index contributed by atoms with van der Waals surface area (Å²) < 4.78 is 0. The third kappa shape index (κ3) is 17.3. The van der Waals surface area contributed by atoms with E-state index in [0.29, 0.717) is 78.4 Å². The first-order chi connectivity index (χ1) is 17.6. The Morgan fingerprint density at radius 2 is 1.05 bits per heavy atom. The SMILES string of the molecule is O=C(O)CN1CCN(CC(=O)O)CCN(CC(O)CNCCCCC(O)CO)CCN(CC(=O)O)CC1. The number of β-amino-alcohol motifs (C(OH)–C–C–N with tert-alkyl or cyclic N) is 1. The maximum absolute atomic E-state index is 11.4. The van der Waals surface area contributed by atoms with E-state index < -0.39 is 30.1 Å². The molecule has 1 heterocycles. The fraction of sp³-hybridized carbons (Fsp3) is 0.870. The third-order valence-electron chi connectivity index (χ3n) is 6.21. The van der Waals surface area contributed by atoms with E-state index in [9.17, 15) is 39.9 Å². The van der Waals surface area contributed by atoms with Crippen LogP contribution in [0.1, 0.15) is 19.3 Å². The molecule has 0 radical (unpaired) electrons. The van der Waals surface area contributed by atoms with Crippen molar-refractivity contribution >= 4 is 17.9 Å². The van der Waals surface area contributed by atoms with Crippen LogP contribution < -0.4 is 5.32 Å². The van der Waals surface area contributed by atoms with E-state index in [2.05, 4.69) is 5.32 Å². The molecule has 2 unspecified atom stereocenters. The Bertz CT molecular complexity index is 641. The summed E-state index contributed by atoms with van der Waals surface area (Å²) in [5.74, 6) is -2.96. The van der Waals surface area contributed by atoms with E-state index >= 15 is 0 Å². The summed E-state index contributed by atoms with van der Waals surface area (Å²) in [6.07, 6.45) is 0.659. The molecule has 0 spiro atoms. The molecule has 1 aliphatic rings. The van der Waals surface area contributed by atoms with Gasteiger partial charge in [0.15, 0.2) is 0 Å². The molecule has 7 N–H and O–H groups in total. The van der Waals surface area contributed by atoms with Crippen molar-refractivity contribution in [3.63, 3.8) is 0 Å². The van der Waals surface area contributed by atoms with Gasteiger partial charge in [0.25, 0.3) is 0 Å². The third-order valence-corrected chi connectivity index (χ3v) is 6.21. The normalized spacial score (nSPS) is 19.5. The van der Waals surface area contributed by atoms with Gasteiger partial charge in [-0.1, -0.05) is 0 Å². The van der Waals surface area contributed by atoms with Crippen LogP contribution in [0.25, 0.3) is 0 Å². The number of carbonyl (C=O) groups is 3. The predicted molar refractivity (Wildman–Crippen MR) is 134 cm³/mol. The zero-order valence-electron chi connectivity index (χ0n) is 21.6. The van der Waals surface area contributed by atoms with Crippen LogP contribution in [-0.2, 0) is 14.4 Å². The molecule has 2 atom stereocenters. The molecule has 0 aromatic rings. The number of nitrogens with one attached hydrogen (secondary N) is 1. The fourth-order valence-corrected chi connectivity index (χ4v) is 4.16. The largest absolute Gasteiger partial charge is 0.480 e. The lowest BCUT2D eigenvalue weighted by molar-refractivity contribution is -0.140. The molecule has 14 heteroatoms. The minimum atomic E-state index is -1.00. The lowest BCUT2D eigenvalue weighted by atomic mass is 10.1. The summed E-state index contributed by atoms with van der Waals surface area (Å²) >= 11 is 0. The Hall–Kier alpha value is -1.91. The van der Waals surface area contributed by atoms with E-state index in [1.807, 2.05) is 4.90 Å². The molecule has 0 bridgehead atoms. The summed E-state index contributed by atoms with van der Waals surface area (Å²) in [5.41, 5.74) is 0. The smallest absolute Gasteiger partial charge is 0.317 e. The molecule has 1 fully saturated rings. The van der Waals surface area contributed by atoms with Crippen molar-refractivity contribution in [2.75, 3.05) is 98.2 Å². The van der Waals surface area contributed by atoms with Gasteiger partial charge in [-0.15, -0.1) is 0 Å². The molecule has 0 aromatic carbocycles. The minimum absolute atomic E-state index is 0.186. The zero-order chi connectivity index (χ0) is 27.6. The average molecular weight is 536 g/mol. The zero-order valence-corrected chi connectivity index (χ0v) is 21.6. The van der Waals surface area contributed by atoms with E-state index in [4.69, 9.17) is 5.11 Å². The van der Waals surface area contributed by atoms with Crippen LogP contribution in [0.4, 0.5) is 0 Å². The Morgan fingerprint density at radius 3 is 1.43 bits per heavy atom. The van der Waals surface area contributed by atoms with Gasteiger partial charge in [0.1, 0.15) is 0 Å². The van der Waals surface area contributed by atoms with Gasteiger partial charge >= 0.3 is 17.9 Å². The van der Waals surface area contributed by atoms with Crippen LogP contribution in [0.2, 0.25) is 0 Å². The Labute approximate surface area is 218 Å². The van der Waals surface area contributed by atoms with E-state index in [1.54, 1.807) is 14.7 Å². The number of aliphatic hydroxyl groups excluding tert-OH is 3. The van der Waals surface area contributed by atoms with Crippen LogP contribution in [-0.4, -0.2) is 179 Å². The maximum atomic E-state index is 11.4. The van der Waals surface area contributed by atoms with Crippen LogP contribution in [0.15, 0.2) is 0 Å². The number of carboxylic acid groups (broad SMARTS) is 3. The van der Waals surface area contributed by atoms with Crippen LogP contribution >= 0.6 is 0 Å². The Morgan fingerprint density at radius 1 is 0.649 bits per heavy atom. The number of carboxylic acids is 3. The van der Waals surface area contributed by atoms with Gasteiger partial charge in [-0.2, -0.15) is 0 Å². The van der Waals surface area contributed by atoms with Crippen LogP contribution in [0.5, 0.6) is 0 Å². The lowest BCUT2D eigenvalue weighted by Crippen LogP contribution is -2.50. The predicted octanol–water partition coefficient (Wildman–Crippen LogP) is -3.06. The number of unbranched alkanes of at least 4 members (excludes halogenated alkanes) is 1. The fourth-order valence-electron chi connectivity index (χ4n) is 4.16. The first-order valence-corrected chi connectivity index (χ1v) is 12.8. The van der Waals surface area contributed by atoms with E-state index in [-0.39, 0.29) is 26.2 Å². The molecular weight excluding hydrogens is 490 g/mol. The molecule has 14 nitrogen and oxygen atoms in total. The highest BCUT2D eigenvalue weighted by atomic mass is 16.4. The van der Waals surface area contributed by atoms with Crippen molar-refractivity contribution in [2.24, 2.45) is 0 Å². The first-order valence-electron chi connectivity index (χ1n) is 12.8. The molecule has 0 aliphatic carbocycles. The summed E-state index contributed by atoms with van der Waals surface area (Å²) in [6, 6.07) is 0. The number of aliphatic hydroxyl groups is 3. The molecule has 0 aromatic heterocycles. The second kappa shape index (κ2) is 19.2. The quantitative estimate of drug-likeness (QED) is 0.0983. The Kier molecular flexibility index (Phi) is 17.2. The lowest BCUT2D eigenvalue weighted by Gasteiger charge is -2.33. The van der Waals surface area contributed by atoms with Crippen molar-refractivity contribution in [1.82, 2.24) is 24.9 Å². The van der Waals surface area contributed by atoms with Crippen molar-refractivity contribution < 1.29 is 45.0 Å². The second-order valence-electron chi connectivity index (χ2n) is 9.50. The van der Waals surface area contributed by atoms with Crippen molar-refractivity contribution in [2.45, 2.75) is 31.5 Å². The molecule has 1 aliphatic heterocycles. The van der Waals surface area contributed by atoms with Gasteiger partial charge in [0.2, 0.25) is 0 Å². The van der Waals surface area contributed by atoms with Gasteiger partial charge in [0.05, 0.1) is 38.4 Å². The first kappa shape index (κ1) is 33.1. The van der Waals surface area contributed by atoms with Crippen molar-refractivity contribution in [1.29, 1.82) is 0 Å². The van der Waals surface area contributed by atoms with E-state index in [1.165, 1.54) is 0 Å². The monoisotopic (exact) mass is 535 g/mol. The summed E-state index contributed by atoms with van der Waals surface area (Å²) in [5, 5.41) is 59.8. The van der Waals surface area contributed by atoms with E-state index in [0.717, 1.165) is 12.8 Å². The summed E-state index contributed by atoms with van der Waals surface area (Å²) in [6.45, 7) is 3.58. The number of hydrogen-bond donors (Lipinski definition) is 7. The molecule has 0 saturated carbocycles. The standard InChI is InChI=1S/C23H45N5O9/c29-18-19(30)3-1-2-4-24-13-20(31)14-25-5-7-26(15-21(32)33)9-11-28(17-23(36)37)12-10-27(8-6-25)16-22(34)35/h19-20,24,29-31H,1-18H2,(H,32,33)(H,34,35)(H,36,37). The number of aliphatic carboxylic acids is 3. The highest BCUT2D eigenvalue weighted by Gasteiger charge is 2.21. The molecule has 0 amide bonds. The van der Waals surface area contributed by atoms with Crippen molar-refractivity contribution in [3.8, 4) is 0 Å². The maximum Gasteiger partial charge on any atom is 0.317 e. The molecule has 1 rings (SSSR count). The topological polar surface area (TPSA) is 198 Å². The number of hydrogen-bond acceptors (Lipinski definition) is 11. The molecular formula is C23H45N5O9. The van der Waals surface area contributed by atoms with Gasteiger partial charge in [-0.05, 0) is 25.8 Å². The Balaban J connectivity index is 2.72. The summed E-state index contributed by atoms with van der Waals surface area (Å²) in [7, 11) is 0. The molecule has 1 saturated heterocycles.